The molecule has 0 amide bonds. The average molecular weight is 177 g/mol. The molecule has 1 N–H and O–H groups in total. The lowest BCUT2D eigenvalue weighted by atomic mass is 10.1. The van der Waals surface area contributed by atoms with Crippen LogP contribution in [0.15, 0.2) is 0 Å². The van der Waals surface area contributed by atoms with Crippen LogP contribution in [-0.2, 0) is 4.74 Å². The van der Waals surface area contributed by atoms with E-state index in [0.717, 1.165) is 19.7 Å². The summed E-state index contributed by atoms with van der Waals surface area (Å²) in [6, 6.07) is 0. The first kappa shape index (κ1) is 11.8. The van der Waals surface area contributed by atoms with Crippen molar-refractivity contribution in [3.63, 3.8) is 0 Å². The topological polar surface area (TPSA) is 21.3 Å². The van der Waals surface area contributed by atoms with Gasteiger partial charge in [0.2, 0.25) is 0 Å². The number of alkyl halides is 1. The summed E-state index contributed by atoms with van der Waals surface area (Å²) in [7, 11) is 0. The van der Waals surface area contributed by atoms with E-state index in [0.29, 0.717) is 6.42 Å². The Morgan fingerprint density at radius 3 is 2.58 bits per heavy atom. The molecule has 0 aliphatic carbocycles. The summed E-state index contributed by atoms with van der Waals surface area (Å²) < 4.78 is 17.1. The number of ether oxygens (including phenoxy) is 1. The molecule has 0 saturated carbocycles. The van der Waals surface area contributed by atoms with Gasteiger partial charge in [-0.1, -0.05) is 0 Å². The second kappa shape index (κ2) is 6.38. The SMILES string of the molecule is CCOC(C)(C)CNCCCF. The molecule has 0 aromatic heterocycles. The van der Waals surface area contributed by atoms with Gasteiger partial charge in [-0.15, -0.1) is 0 Å². The lowest BCUT2D eigenvalue weighted by molar-refractivity contribution is -0.00872. The quantitative estimate of drug-likeness (QED) is 0.598. The van der Waals surface area contributed by atoms with Gasteiger partial charge in [-0.2, -0.15) is 0 Å². The summed E-state index contributed by atoms with van der Waals surface area (Å²) in [4.78, 5) is 0. The molecular formula is C9H20FNO. The van der Waals surface area contributed by atoms with Gasteiger partial charge in [0.15, 0.2) is 0 Å². The summed E-state index contributed by atoms with van der Waals surface area (Å²) in [6.45, 7) is 8.01. The van der Waals surface area contributed by atoms with Gasteiger partial charge in [0.05, 0.1) is 12.3 Å². The van der Waals surface area contributed by atoms with E-state index in [1.165, 1.54) is 0 Å². The molecule has 74 valence electrons. The highest BCUT2D eigenvalue weighted by atomic mass is 19.1. The van der Waals surface area contributed by atoms with Crippen molar-refractivity contribution in [2.75, 3.05) is 26.4 Å². The normalized spacial score (nSPS) is 12.0. The minimum Gasteiger partial charge on any atom is -0.375 e. The minimum absolute atomic E-state index is 0.134. The zero-order valence-electron chi connectivity index (χ0n) is 8.32. The van der Waals surface area contributed by atoms with Crippen LogP contribution in [0.3, 0.4) is 0 Å². The molecule has 0 aromatic carbocycles. The maximum absolute atomic E-state index is 11.7. The van der Waals surface area contributed by atoms with E-state index in [1.54, 1.807) is 0 Å². The maximum Gasteiger partial charge on any atom is 0.0906 e. The van der Waals surface area contributed by atoms with Crippen molar-refractivity contribution in [3.05, 3.63) is 0 Å². The van der Waals surface area contributed by atoms with Crippen molar-refractivity contribution >= 4 is 0 Å². The molecule has 0 spiro atoms. The van der Waals surface area contributed by atoms with Crippen LogP contribution in [-0.4, -0.2) is 32.0 Å². The highest BCUT2D eigenvalue weighted by Gasteiger charge is 2.15. The van der Waals surface area contributed by atoms with Gasteiger partial charge in [-0.25, -0.2) is 0 Å². The fourth-order valence-corrected chi connectivity index (χ4v) is 1.02. The molecule has 2 nitrogen and oxygen atoms in total. The second-order valence-corrected chi connectivity index (χ2v) is 3.41. The Morgan fingerprint density at radius 1 is 1.42 bits per heavy atom. The first-order valence-corrected chi connectivity index (χ1v) is 4.53. The molecule has 0 heterocycles. The van der Waals surface area contributed by atoms with Crippen LogP contribution in [0.1, 0.15) is 27.2 Å². The predicted octanol–water partition coefficient (Wildman–Crippen LogP) is 1.75. The van der Waals surface area contributed by atoms with Crippen molar-refractivity contribution in [3.8, 4) is 0 Å². The van der Waals surface area contributed by atoms with Gasteiger partial charge in [0.1, 0.15) is 0 Å². The summed E-state index contributed by atoms with van der Waals surface area (Å²) in [5.41, 5.74) is -0.134. The van der Waals surface area contributed by atoms with Crippen molar-refractivity contribution < 1.29 is 9.13 Å². The molecule has 0 aliphatic rings. The lowest BCUT2D eigenvalue weighted by Crippen LogP contribution is -2.38. The lowest BCUT2D eigenvalue weighted by Gasteiger charge is -2.24. The molecule has 0 bridgehead atoms. The number of nitrogens with one attached hydrogen (secondary N) is 1. The maximum atomic E-state index is 11.7. The molecular weight excluding hydrogens is 157 g/mol. The van der Waals surface area contributed by atoms with Crippen LogP contribution in [0.4, 0.5) is 4.39 Å². The van der Waals surface area contributed by atoms with Crippen LogP contribution < -0.4 is 5.32 Å². The molecule has 3 heteroatoms. The molecule has 0 unspecified atom stereocenters. The number of hydrogen-bond acceptors (Lipinski definition) is 2. The molecule has 0 rings (SSSR count). The van der Waals surface area contributed by atoms with E-state index in [9.17, 15) is 4.39 Å². The largest absolute Gasteiger partial charge is 0.375 e. The number of rotatable bonds is 7. The predicted molar refractivity (Wildman–Crippen MR) is 49.2 cm³/mol. The van der Waals surface area contributed by atoms with E-state index in [-0.39, 0.29) is 12.3 Å². The summed E-state index contributed by atoms with van der Waals surface area (Å²) in [5.74, 6) is 0. The Morgan fingerprint density at radius 2 is 2.08 bits per heavy atom. The van der Waals surface area contributed by atoms with Gasteiger partial charge in [0, 0.05) is 13.2 Å². The van der Waals surface area contributed by atoms with Crippen LogP contribution >= 0.6 is 0 Å². The Kier molecular flexibility index (Phi) is 6.30. The van der Waals surface area contributed by atoms with E-state index < -0.39 is 0 Å². The van der Waals surface area contributed by atoms with Crippen LogP contribution in [0.2, 0.25) is 0 Å². The van der Waals surface area contributed by atoms with E-state index in [1.807, 2.05) is 20.8 Å². The number of halogens is 1. The molecule has 0 fully saturated rings. The highest BCUT2D eigenvalue weighted by Crippen LogP contribution is 2.06. The zero-order valence-corrected chi connectivity index (χ0v) is 8.32. The second-order valence-electron chi connectivity index (χ2n) is 3.41. The Balaban J connectivity index is 3.33. The summed E-state index contributed by atoms with van der Waals surface area (Å²) >= 11 is 0. The van der Waals surface area contributed by atoms with Crippen molar-refractivity contribution in [1.29, 1.82) is 0 Å². The van der Waals surface area contributed by atoms with Crippen molar-refractivity contribution in [1.82, 2.24) is 5.32 Å². The fraction of sp³-hybridized carbons (Fsp3) is 1.00. The highest BCUT2D eigenvalue weighted by molar-refractivity contribution is 4.71. The molecule has 0 atom stereocenters. The third-order valence-electron chi connectivity index (χ3n) is 1.57. The molecule has 0 aliphatic heterocycles. The first-order chi connectivity index (χ1) is 5.62. The summed E-state index contributed by atoms with van der Waals surface area (Å²) in [5, 5.41) is 3.15. The smallest absolute Gasteiger partial charge is 0.0906 e. The van der Waals surface area contributed by atoms with Crippen LogP contribution in [0.25, 0.3) is 0 Å². The zero-order chi connectivity index (χ0) is 9.45. The van der Waals surface area contributed by atoms with Gasteiger partial charge >= 0.3 is 0 Å². The molecule has 0 saturated heterocycles. The third kappa shape index (κ3) is 6.55. The fourth-order valence-electron chi connectivity index (χ4n) is 1.02. The Labute approximate surface area is 74.5 Å². The van der Waals surface area contributed by atoms with Crippen molar-refractivity contribution in [2.45, 2.75) is 32.8 Å². The van der Waals surface area contributed by atoms with E-state index in [2.05, 4.69) is 5.32 Å². The van der Waals surface area contributed by atoms with Gasteiger partial charge in [-0.05, 0) is 33.7 Å². The number of hydrogen-bond donors (Lipinski definition) is 1. The van der Waals surface area contributed by atoms with Crippen molar-refractivity contribution in [2.24, 2.45) is 0 Å². The third-order valence-corrected chi connectivity index (χ3v) is 1.57. The monoisotopic (exact) mass is 177 g/mol. The molecule has 0 aromatic rings. The Bertz CT molecular complexity index is 107. The summed E-state index contributed by atoms with van der Waals surface area (Å²) in [6.07, 6.45) is 0.586. The van der Waals surface area contributed by atoms with Gasteiger partial charge in [-0.3, -0.25) is 4.39 Å². The van der Waals surface area contributed by atoms with Crippen LogP contribution in [0, 0.1) is 0 Å². The van der Waals surface area contributed by atoms with E-state index >= 15 is 0 Å². The molecule has 0 radical (unpaired) electrons. The minimum atomic E-state index is -0.248. The average Bonchev–Trinajstić information content (AvgIpc) is 1.98. The van der Waals surface area contributed by atoms with Gasteiger partial charge < -0.3 is 10.1 Å². The molecule has 12 heavy (non-hydrogen) atoms. The van der Waals surface area contributed by atoms with E-state index in [4.69, 9.17) is 4.74 Å². The first-order valence-electron chi connectivity index (χ1n) is 4.53. The Hall–Kier alpha value is -0.150. The van der Waals surface area contributed by atoms with Gasteiger partial charge in [0.25, 0.3) is 0 Å². The standard InChI is InChI=1S/C9H20FNO/c1-4-12-9(2,3)8-11-7-5-6-10/h11H,4-8H2,1-3H3. The van der Waals surface area contributed by atoms with Crippen LogP contribution in [0.5, 0.6) is 0 Å².